The van der Waals surface area contributed by atoms with E-state index in [1.807, 2.05) is 0 Å². The Morgan fingerprint density at radius 2 is 1.07 bits per heavy atom. The van der Waals surface area contributed by atoms with Crippen LogP contribution in [0.5, 0.6) is 0 Å². The normalized spacial score (nSPS) is 8.00. The van der Waals surface area contributed by atoms with Crippen molar-refractivity contribution in [3.8, 4) is 0 Å². The van der Waals surface area contributed by atoms with Crippen molar-refractivity contribution in [3.05, 3.63) is 35.4 Å². The van der Waals surface area contributed by atoms with Crippen LogP contribution in [0, 0.1) is 0 Å². The summed E-state index contributed by atoms with van der Waals surface area (Å²) in [6, 6.07) is 4.61. The molecule has 0 aliphatic rings. The second-order valence-corrected chi connectivity index (χ2v) is 2.15. The molecule has 0 bridgehead atoms. The van der Waals surface area contributed by atoms with Crippen molar-refractivity contribution in [2.75, 3.05) is 0 Å². The second kappa shape index (κ2) is 6.20. The molecular formula is C8H6O5V. The first-order valence-electron chi connectivity index (χ1n) is 3.14. The van der Waals surface area contributed by atoms with Gasteiger partial charge in [-0.1, -0.05) is 24.3 Å². The van der Waals surface area contributed by atoms with Gasteiger partial charge in [0, 0.05) is 0 Å². The third-order valence-electron chi connectivity index (χ3n) is 1.36. The van der Waals surface area contributed by atoms with Crippen LogP contribution in [0.25, 0.3) is 0 Å². The van der Waals surface area contributed by atoms with E-state index in [0.717, 1.165) is 24.3 Å². The van der Waals surface area contributed by atoms with Crippen molar-refractivity contribution in [1.29, 1.82) is 0 Å². The van der Waals surface area contributed by atoms with Crippen LogP contribution in [0.15, 0.2) is 24.3 Å². The van der Waals surface area contributed by atoms with Gasteiger partial charge in [0.2, 0.25) is 0 Å². The minimum Gasteiger partial charge on any atom is -0.545 e. The van der Waals surface area contributed by atoms with Crippen LogP contribution in [-0.2, 0) is 18.6 Å². The largest absolute Gasteiger partial charge is 2.00 e. The molecule has 14 heavy (non-hydrogen) atoms. The molecule has 0 amide bonds. The first-order chi connectivity index (χ1) is 5.61. The molecule has 2 N–H and O–H groups in total. The van der Waals surface area contributed by atoms with Crippen LogP contribution in [0.1, 0.15) is 20.7 Å². The van der Waals surface area contributed by atoms with Crippen LogP contribution < -0.4 is 10.2 Å². The number of aromatic carboxylic acids is 2. The van der Waals surface area contributed by atoms with Gasteiger partial charge in [0.1, 0.15) is 0 Å². The molecule has 73 valence electrons. The molecular weight excluding hydrogens is 227 g/mol. The molecule has 0 fully saturated rings. The molecule has 1 rings (SSSR count). The van der Waals surface area contributed by atoms with E-state index in [2.05, 4.69) is 0 Å². The van der Waals surface area contributed by atoms with Crippen LogP contribution in [0.2, 0.25) is 0 Å². The van der Waals surface area contributed by atoms with Gasteiger partial charge in [-0.3, -0.25) is 0 Å². The Morgan fingerprint density at radius 3 is 1.21 bits per heavy atom. The van der Waals surface area contributed by atoms with Crippen molar-refractivity contribution < 1.29 is 43.8 Å². The molecule has 0 atom stereocenters. The molecule has 0 aliphatic heterocycles. The number of carboxylic acids is 2. The first kappa shape index (κ1) is 15.2. The fourth-order valence-electron chi connectivity index (χ4n) is 0.742. The smallest absolute Gasteiger partial charge is 0.545 e. The number of hydrogen-bond donors (Lipinski definition) is 0. The predicted octanol–water partition coefficient (Wildman–Crippen LogP) is -2.41. The van der Waals surface area contributed by atoms with E-state index in [0.29, 0.717) is 0 Å². The Balaban J connectivity index is 0. The van der Waals surface area contributed by atoms with Crippen molar-refractivity contribution in [2.24, 2.45) is 0 Å². The Bertz CT molecular complexity index is 286. The van der Waals surface area contributed by atoms with E-state index in [1.54, 1.807) is 0 Å². The van der Waals surface area contributed by atoms with E-state index in [-0.39, 0.29) is 35.2 Å². The molecule has 0 spiro atoms. The maximum absolute atomic E-state index is 10.2. The third-order valence-corrected chi connectivity index (χ3v) is 1.36. The van der Waals surface area contributed by atoms with Gasteiger partial charge in [0.25, 0.3) is 0 Å². The molecule has 0 aromatic heterocycles. The molecule has 0 saturated carbocycles. The van der Waals surface area contributed by atoms with Crippen molar-refractivity contribution in [2.45, 2.75) is 0 Å². The molecule has 0 aliphatic carbocycles. The average Bonchev–Trinajstić information content (AvgIpc) is 2.04. The van der Waals surface area contributed by atoms with E-state index in [9.17, 15) is 19.8 Å². The van der Waals surface area contributed by atoms with Gasteiger partial charge in [-0.2, -0.15) is 0 Å². The fourth-order valence-corrected chi connectivity index (χ4v) is 0.742. The number of rotatable bonds is 2. The summed E-state index contributed by atoms with van der Waals surface area (Å²) in [5, 5.41) is 20.4. The molecule has 0 heterocycles. The van der Waals surface area contributed by atoms with E-state index >= 15 is 0 Å². The van der Waals surface area contributed by atoms with Gasteiger partial charge < -0.3 is 25.3 Å². The van der Waals surface area contributed by atoms with Crippen molar-refractivity contribution in [3.63, 3.8) is 0 Å². The number of carboxylic acid groups (broad SMARTS) is 2. The van der Waals surface area contributed by atoms with Gasteiger partial charge in [-0.25, -0.2) is 0 Å². The zero-order chi connectivity index (χ0) is 9.14. The summed E-state index contributed by atoms with van der Waals surface area (Å²) in [4.78, 5) is 20.4. The van der Waals surface area contributed by atoms with Crippen LogP contribution in [-0.4, -0.2) is 17.4 Å². The number of carbonyl (C=O) groups excluding carboxylic acids is 2. The maximum atomic E-state index is 10.2. The Kier molecular flexibility index (Phi) is 6.73. The Morgan fingerprint density at radius 1 is 0.857 bits per heavy atom. The summed E-state index contributed by atoms with van der Waals surface area (Å²) in [5.41, 5.74) is -0.111. The molecule has 0 saturated heterocycles. The summed E-state index contributed by atoms with van der Waals surface area (Å²) < 4.78 is 0. The average molecular weight is 233 g/mol. The standard InChI is InChI=1S/C8H6O4.H2O.V/c9-7(10)5-1-2-6(4-3-5)8(11)12;;/h1-4H,(H,9,10)(H,11,12);1H2;/q;;+2/p-2. The minimum absolute atomic E-state index is 0. The number of benzene rings is 1. The van der Waals surface area contributed by atoms with E-state index < -0.39 is 11.9 Å². The topological polar surface area (TPSA) is 112 Å². The van der Waals surface area contributed by atoms with Gasteiger partial charge >= 0.3 is 18.6 Å². The molecule has 0 unspecified atom stereocenters. The Labute approximate surface area is 91.6 Å². The zero-order valence-corrected chi connectivity index (χ0v) is 8.29. The quantitative estimate of drug-likeness (QED) is 0.565. The van der Waals surface area contributed by atoms with Crippen molar-refractivity contribution in [1.82, 2.24) is 0 Å². The van der Waals surface area contributed by atoms with Gasteiger partial charge in [0.05, 0.1) is 11.9 Å². The monoisotopic (exact) mass is 233 g/mol. The van der Waals surface area contributed by atoms with Crippen LogP contribution in [0.3, 0.4) is 0 Å². The van der Waals surface area contributed by atoms with Crippen LogP contribution >= 0.6 is 0 Å². The van der Waals surface area contributed by atoms with Crippen molar-refractivity contribution >= 4 is 11.9 Å². The zero-order valence-electron chi connectivity index (χ0n) is 6.89. The molecule has 1 aromatic carbocycles. The fraction of sp³-hybridized carbons (Fsp3) is 0. The second-order valence-electron chi connectivity index (χ2n) is 2.15. The summed E-state index contributed by atoms with van der Waals surface area (Å²) >= 11 is 0. The number of hydrogen-bond acceptors (Lipinski definition) is 4. The van der Waals surface area contributed by atoms with E-state index in [1.165, 1.54) is 0 Å². The summed E-state index contributed by atoms with van der Waals surface area (Å²) in [6.45, 7) is 0. The summed E-state index contributed by atoms with van der Waals surface area (Å²) in [7, 11) is 0. The minimum atomic E-state index is -1.33. The first-order valence-corrected chi connectivity index (χ1v) is 3.14. The molecule has 1 aromatic rings. The van der Waals surface area contributed by atoms with Gasteiger partial charge in [0.15, 0.2) is 0 Å². The number of carbonyl (C=O) groups is 2. The summed E-state index contributed by atoms with van der Waals surface area (Å²) in [6.07, 6.45) is 0. The summed E-state index contributed by atoms with van der Waals surface area (Å²) in [5.74, 6) is -2.67. The third kappa shape index (κ3) is 3.61. The SMILES string of the molecule is O.O=C([O-])c1ccc(C(=O)[O-])cc1.[V+2]. The van der Waals surface area contributed by atoms with E-state index in [4.69, 9.17) is 0 Å². The van der Waals surface area contributed by atoms with Gasteiger partial charge in [-0.05, 0) is 11.1 Å². The molecule has 6 heteroatoms. The molecule has 5 nitrogen and oxygen atoms in total. The Hall–Kier alpha value is -1.30. The van der Waals surface area contributed by atoms with Gasteiger partial charge in [-0.15, -0.1) is 0 Å². The van der Waals surface area contributed by atoms with Crippen LogP contribution in [0.4, 0.5) is 0 Å². The molecule has 1 radical (unpaired) electrons. The maximum Gasteiger partial charge on any atom is 2.00 e. The predicted molar refractivity (Wildman–Crippen MR) is 38.7 cm³/mol.